The van der Waals surface area contributed by atoms with Crippen LogP contribution in [0.4, 0.5) is 10.1 Å². The van der Waals surface area contributed by atoms with E-state index in [9.17, 15) is 9.18 Å². The molecule has 26 heavy (non-hydrogen) atoms. The first kappa shape index (κ1) is 17.8. The lowest BCUT2D eigenvalue weighted by molar-refractivity contribution is -0.229. The Morgan fingerprint density at radius 3 is 2.38 bits per heavy atom. The highest BCUT2D eigenvalue weighted by molar-refractivity contribution is 5.94. The van der Waals surface area contributed by atoms with E-state index in [1.165, 1.54) is 18.2 Å². The summed E-state index contributed by atoms with van der Waals surface area (Å²) >= 11 is 0. The molecule has 0 unspecified atom stereocenters. The zero-order valence-corrected chi connectivity index (χ0v) is 15.0. The summed E-state index contributed by atoms with van der Waals surface area (Å²) in [5.41, 5.74) is 0.333. The molecule has 3 fully saturated rings. The van der Waals surface area contributed by atoms with Gasteiger partial charge >= 0.3 is 0 Å². The predicted octanol–water partition coefficient (Wildman–Crippen LogP) is 2.16. The van der Waals surface area contributed by atoms with Crippen LogP contribution in [-0.4, -0.2) is 48.2 Å². The molecule has 5 atom stereocenters. The van der Waals surface area contributed by atoms with E-state index in [4.69, 9.17) is 23.7 Å². The van der Waals surface area contributed by atoms with Crippen molar-refractivity contribution in [2.24, 2.45) is 0 Å². The van der Waals surface area contributed by atoms with E-state index in [1.807, 2.05) is 0 Å². The lowest BCUT2D eigenvalue weighted by Gasteiger charge is -2.36. The van der Waals surface area contributed by atoms with Crippen LogP contribution in [0.2, 0.25) is 0 Å². The maximum Gasteiger partial charge on any atom is 0.256 e. The van der Waals surface area contributed by atoms with Gasteiger partial charge in [-0.3, -0.25) is 4.79 Å². The van der Waals surface area contributed by atoms with E-state index in [1.54, 1.807) is 33.8 Å². The van der Waals surface area contributed by atoms with Gasteiger partial charge in [-0.2, -0.15) is 0 Å². The van der Waals surface area contributed by atoms with Crippen molar-refractivity contribution in [2.45, 2.75) is 70.0 Å². The molecule has 142 valence electrons. The Hall–Kier alpha value is -1.58. The number of fused-ring (bicyclic) bond motifs is 3. The molecular formula is C18H22FNO6. The Bertz CT molecular complexity index is 723. The molecule has 4 rings (SSSR count). The van der Waals surface area contributed by atoms with Crippen molar-refractivity contribution >= 4 is 11.6 Å². The fraction of sp³-hybridized carbons (Fsp3) is 0.611. The number of hydrogen-bond donors (Lipinski definition) is 1. The van der Waals surface area contributed by atoms with Crippen LogP contribution in [0.5, 0.6) is 0 Å². The molecule has 1 amide bonds. The monoisotopic (exact) mass is 367 g/mol. The highest BCUT2D eigenvalue weighted by Gasteiger charge is 2.62. The van der Waals surface area contributed by atoms with Crippen LogP contribution in [0.25, 0.3) is 0 Å². The number of carbonyl (C=O) groups is 1. The van der Waals surface area contributed by atoms with E-state index in [2.05, 4.69) is 5.32 Å². The van der Waals surface area contributed by atoms with E-state index >= 15 is 0 Å². The normalized spacial score (nSPS) is 37.0. The Morgan fingerprint density at radius 1 is 1.00 bits per heavy atom. The fourth-order valence-corrected chi connectivity index (χ4v) is 3.60. The third-order valence-electron chi connectivity index (χ3n) is 4.51. The highest BCUT2D eigenvalue weighted by atomic mass is 19.1. The van der Waals surface area contributed by atoms with E-state index in [-0.39, 0.29) is 0 Å². The summed E-state index contributed by atoms with van der Waals surface area (Å²) in [7, 11) is 0. The van der Waals surface area contributed by atoms with Crippen molar-refractivity contribution in [3.8, 4) is 0 Å². The minimum atomic E-state index is -0.983. The quantitative estimate of drug-likeness (QED) is 0.863. The van der Waals surface area contributed by atoms with Gasteiger partial charge in [0, 0.05) is 5.69 Å². The van der Waals surface area contributed by atoms with Crippen molar-refractivity contribution < 1.29 is 32.9 Å². The number of rotatable bonds is 2. The molecule has 8 heteroatoms. The molecule has 7 nitrogen and oxygen atoms in total. The first-order valence-electron chi connectivity index (χ1n) is 8.57. The van der Waals surface area contributed by atoms with Crippen LogP contribution in [-0.2, 0) is 28.5 Å². The summed E-state index contributed by atoms with van der Waals surface area (Å²) in [5, 5.41) is 2.66. The maximum absolute atomic E-state index is 13.4. The third-order valence-corrected chi connectivity index (χ3v) is 4.51. The predicted molar refractivity (Wildman–Crippen MR) is 87.6 cm³/mol. The Morgan fingerprint density at radius 2 is 1.65 bits per heavy atom. The number of hydrogen-bond acceptors (Lipinski definition) is 6. The molecule has 0 radical (unpaired) electrons. The highest BCUT2D eigenvalue weighted by Crippen LogP contribution is 2.44. The summed E-state index contributed by atoms with van der Waals surface area (Å²) < 4.78 is 42.8. The van der Waals surface area contributed by atoms with Gasteiger partial charge in [-0.1, -0.05) is 6.07 Å². The largest absolute Gasteiger partial charge is 0.342 e. The van der Waals surface area contributed by atoms with E-state index in [0.29, 0.717) is 5.69 Å². The smallest absolute Gasteiger partial charge is 0.256 e. The van der Waals surface area contributed by atoms with Crippen molar-refractivity contribution in [3.63, 3.8) is 0 Å². The van der Waals surface area contributed by atoms with Crippen molar-refractivity contribution in [2.75, 3.05) is 5.32 Å². The maximum atomic E-state index is 13.4. The van der Waals surface area contributed by atoms with Crippen LogP contribution >= 0.6 is 0 Å². The van der Waals surface area contributed by atoms with Crippen LogP contribution in [0.15, 0.2) is 24.3 Å². The average molecular weight is 367 g/mol. The number of nitrogens with one attached hydrogen (secondary N) is 1. The summed E-state index contributed by atoms with van der Waals surface area (Å²) in [4.78, 5) is 12.8. The molecule has 1 aromatic rings. The Kier molecular flexibility index (Phi) is 4.09. The van der Waals surface area contributed by atoms with Gasteiger partial charge in [0.15, 0.2) is 24.0 Å². The summed E-state index contributed by atoms with van der Waals surface area (Å²) in [6, 6.07) is 5.64. The second-order valence-electron chi connectivity index (χ2n) is 7.59. The van der Waals surface area contributed by atoms with Crippen LogP contribution in [0, 0.1) is 5.82 Å². The van der Waals surface area contributed by atoms with Crippen LogP contribution in [0.1, 0.15) is 27.7 Å². The van der Waals surface area contributed by atoms with E-state index in [0.717, 1.165) is 0 Å². The van der Waals surface area contributed by atoms with Crippen molar-refractivity contribution in [1.29, 1.82) is 0 Å². The van der Waals surface area contributed by atoms with Gasteiger partial charge in [0.1, 0.15) is 24.1 Å². The number of carbonyl (C=O) groups excluding carboxylic acids is 1. The van der Waals surface area contributed by atoms with Gasteiger partial charge in [0.05, 0.1) is 0 Å². The molecule has 0 bridgehead atoms. The molecule has 1 aromatic carbocycles. The zero-order chi connectivity index (χ0) is 18.7. The molecule has 0 saturated carbocycles. The second kappa shape index (κ2) is 5.97. The van der Waals surface area contributed by atoms with Gasteiger partial charge in [0.25, 0.3) is 5.91 Å². The number of benzene rings is 1. The molecule has 3 saturated heterocycles. The van der Waals surface area contributed by atoms with Gasteiger partial charge in [-0.15, -0.1) is 0 Å². The van der Waals surface area contributed by atoms with Crippen molar-refractivity contribution in [1.82, 2.24) is 0 Å². The first-order valence-corrected chi connectivity index (χ1v) is 8.57. The molecular weight excluding hydrogens is 345 g/mol. The SMILES string of the molecule is CC1(C)O[C@@H]2[C@@H](O1)[C@H](C(=O)Nc1cccc(F)c1)O[C@H]1OC(C)(C)O[C@@H]12. The fourth-order valence-electron chi connectivity index (χ4n) is 3.60. The van der Waals surface area contributed by atoms with Gasteiger partial charge < -0.3 is 29.0 Å². The second-order valence-corrected chi connectivity index (χ2v) is 7.59. The lowest BCUT2D eigenvalue weighted by Crippen LogP contribution is -2.58. The lowest BCUT2D eigenvalue weighted by atomic mass is 9.98. The van der Waals surface area contributed by atoms with Gasteiger partial charge in [-0.25, -0.2) is 4.39 Å². The van der Waals surface area contributed by atoms with Gasteiger partial charge in [0.2, 0.25) is 0 Å². The van der Waals surface area contributed by atoms with Crippen LogP contribution in [0.3, 0.4) is 0 Å². The summed E-state index contributed by atoms with van der Waals surface area (Å²) in [6.07, 6.45) is -3.43. The average Bonchev–Trinajstić information content (AvgIpc) is 3.00. The Labute approximate surface area is 150 Å². The zero-order valence-electron chi connectivity index (χ0n) is 15.0. The number of amides is 1. The number of halogens is 1. The van der Waals surface area contributed by atoms with Gasteiger partial charge in [-0.05, 0) is 45.9 Å². The third kappa shape index (κ3) is 3.23. The number of ether oxygens (including phenoxy) is 5. The van der Waals surface area contributed by atoms with Crippen molar-refractivity contribution in [3.05, 3.63) is 30.1 Å². The van der Waals surface area contributed by atoms with E-state index < -0.39 is 54.0 Å². The topological polar surface area (TPSA) is 75.3 Å². The molecule has 3 aliphatic rings. The molecule has 0 aliphatic carbocycles. The minimum absolute atomic E-state index is 0.333. The Balaban J connectivity index is 1.58. The standard InChI is InChI=1S/C18H22FNO6/c1-17(2)23-11-12(24-17)14-16(26-18(3,4)25-14)22-13(11)15(21)20-10-7-5-6-9(19)8-10/h5-8,11-14,16H,1-4H3,(H,20,21)/t11-,12-,13-,14-,16+/m1/s1. The molecule has 0 spiro atoms. The molecule has 3 heterocycles. The van der Waals surface area contributed by atoms with Crippen LogP contribution < -0.4 is 5.32 Å². The molecule has 1 N–H and O–H groups in total. The molecule has 0 aromatic heterocycles. The molecule has 3 aliphatic heterocycles. The number of anilines is 1. The summed E-state index contributed by atoms with van der Waals surface area (Å²) in [6.45, 7) is 7.07. The summed E-state index contributed by atoms with van der Waals surface area (Å²) in [5.74, 6) is -2.65. The first-order chi connectivity index (χ1) is 12.1. The minimum Gasteiger partial charge on any atom is -0.342 e.